The van der Waals surface area contributed by atoms with Crippen molar-refractivity contribution in [2.45, 2.75) is 32.1 Å². The molecule has 0 radical (unpaired) electrons. The molecule has 2 aromatic heterocycles. The lowest BCUT2D eigenvalue weighted by Crippen LogP contribution is -2.31. The van der Waals surface area contributed by atoms with Crippen LogP contribution in [0.5, 0.6) is 6.01 Å². The molecule has 1 atom stereocenters. The standard InChI is InChI=1S/C31H20F5N5O4/c32-21-7-18(22(33)6-17(21)11-37)14-45-31-38-12-25(36)29(40-31)20-10-23(34)16(5-24(20)35)9-28-39-26-2-1-15(30(42)43)8-27(26)41(28)13-19-3-4-44-19/h1-2,5-8,10,12,19H,3-4,9,13-14H2,(H,42,43)/t19-/m0/s1. The number of carboxylic acid groups (broad SMARTS) is 1. The zero-order chi connectivity index (χ0) is 31.8. The molecule has 1 aliphatic heterocycles. The van der Waals surface area contributed by atoms with Gasteiger partial charge in [-0.2, -0.15) is 10.2 Å². The van der Waals surface area contributed by atoms with Crippen molar-refractivity contribution in [1.82, 2.24) is 19.5 Å². The normalized spacial score (nSPS) is 14.3. The van der Waals surface area contributed by atoms with Gasteiger partial charge in [0.1, 0.15) is 47.5 Å². The van der Waals surface area contributed by atoms with Gasteiger partial charge in [-0.25, -0.2) is 36.7 Å². The number of fused-ring (bicyclic) bond motifs is 1. The monoisotopic (exact) mass is 621 g/mol. The van der Waals surface area contributed by atoms with Gasteiger partial charge in [0.05, 0.1) is 41.0 Å². The van der Waals surface area contributed by atoms with Crippen LogP contribution in [0.4, 0.5) is 22.0 Å². The second-order valence-corrected chi connectivity index (χ2v) is 10.2. The summed E-state index contributed by atoms with van der Waals surface area (Å²) in [6.45, 7) is 0.298. The van der Waals surface area contributed by atoms with Crippen LogP contribution in [0.1, 0.15) is 39.3 Å². The lowest BCUT2D eigenvalue weighted by atomic mass is 10.0. The average molecular weight is 622 g/mol. The number of nitrogens with zero attached hydrogens (tertiary/aromatic N) is 5. The van der Waals surface area contributed by atoms with Crippen molar-refractivity contribution in [1.29, 1.82) is 5.26 Å². The summed E-state index contributed by atoms with van der Waals surface area (Å²) < 4.78 is 86.2. The van der Waals surface area contributed by atoms with Crippen LogP contribution in [0, 0.1) is 40.4 Å². The molecule has 1 aliphatic rings. The van der Waals surface area contributed by atoms with Crippen molar-refractivity contribution >= 4 is 17.0 Å². The van der Waals surface area contributed by atoms with Crippen LogP contribution in [0.2, 0.25) is 0 Å². The first kappa shape index (κ1) is 29.6. The van der Waals surface area contributed by atoms with E-state index in [1.807, 2.05) is 0 Å². The third-order valence-corrected chi connectivity index (χ3v) is 7.33. The molecule has 0 spiro atoms. The second-order valence-electron chi connectivity index (χ2n) is 10.2. The molecule has 1 saturated heterocycles. The number of aromatic nitrogens is 4. The molecule has 0 bridgehead atoms. The van der Waals surface area contributed by atoms with Crippen LogP contribution < -0.4 is 4.74 Å². The number of hydrogen-bond donors (Lipinski definition) is 1. The fourth-order valence-corrected chi connectivity index (χ4v) is 4.89. The van der Waals surface area contributed by atoms with Crippen LogP contribution >= 0.6 is 0 Å². The minimum atomic E-state index is -1.13. The third-order valence-electron chi connectivity index (χ3n) is 7.33. The maximum absolute atomic E-state index is 15.4. The van der Waals surface area contributed by atoms with Crippen molar-refractivity contribution in [2.75, 3.05) is 6.61 Å². The van der Waals surface area contributed by atoms with Gasteiger partial charge in [-0.3, -0.25) is 0 Å². The number of carbonyl (C=O) groups is 1. The Morgan fingerprint density at radius 1 is 1.00 bits per heavy atom. The van der Waals surface area contributed by atoms with Crippen LogP contribution in [0.15, 0.2) is 48.7 Å². The van der Waals surface area contributed by atoms with E-state index in [0.717, 1.165) is 24.6 Å². The topological polar surface area (TPSA) is 123 Å². The molecule has 14 heteroatoms. The number of hydrogen-bond acceptors (Lipinski definition) is 7. The average Bonchev–Trinajstić information content (AvgIpc) is 3.33. The van der Waals surface area contributed by atoms with Gasteiger partial charge in [-0.05, 0) is 54.4 Å². The van der Waals surface area contributed by atoms with E-state index in [1.165, 1.54) is 24.3 Å². The minimum Gasteiger partial charge on any atom is -0.478 e. The largest absolute Gasteiger partial charge is 0.478 e. The molecule has 0 saturated carbocycles. The van der Waals surface area contributed by atoms with E-state index < -0.39 is 64.5 Å². The molecule has 1 N–H and O–H groups in total. The van der Waals surface area contributed by atoms with E-state index in [2.05, 4.69) is 15.0 Å². The fraction of sp³-hybridized carbons (Fsp3) is 0.194. The van der Waals surface area contributed by atoms with Gasteiger partial charge in [-0.1, -0.05) is 0 Å². The molecule has 228 valence electrons. The van der Waals surface area contributed by atoms with Crippen LogP contribution in [-0.4, -0.2) is 43.3 Å². The summed E-state index contributed by atoms with van der Waals surface area (Å²) in [4.78, 5) is 23.5. The fourth-order valence-electron chi connectivity index (χ4n) is 4.89. The van der Waals surface area contributed by atoms with Gasteiger partial charge >= 0.3 is 12.0 Å². The Labute approximate surface area is 251 Å². The lowest BCUT2D eigenvalue weighted by Gasteiger charge is -2.27. The molecule has 0 unspecified atom stereocenters. The Hall–Kier alpha value is -5.42. The maximum Gasteiger partial charge on any atom is 0.335 e. The predicted molar refractivity (Wildman–Crippen MR) is 147 cm³/mol. The Morgan fingerprint density at radius 2 is 1.76 bits per heavy atom. The zero-order valence-electron chi connectivity index (χ0n) is 23.0. The molecule has 1 fully saturated rings. The van der Waals surface area contributed by atoms with E-state index in [4.69, 9.17) is 14.7 Å². The van der Waals surface area contributed by atoms with Crippen molar-refractivity contribution < 1.29 is 41.3 Å². The van der Waals surface area contributed by atoms with Gasteiger partial charge in [0.15, 0.2) is 5.82 Å². The highest BCUT2D eigenvalue weighted by molar-refractivity contribution is 5.92. The maximum atomic E-state index is 15.4. The van der Waals surface area contributed by atoms with Crippen molar-refractivity contribution in [3.8, 4) is 23.3 Å². The van der Waals surface area contributed by atoms with E-state index in [1.54, 1.807) is 4.57 Å². The number of imidazole rings is 1. The molecule has 9 nitrogen and oxygen atoms in total. The smallest absolute Gasteiger partial charge is 0.335 e. The highest BCUT2D eigenvalue weighted by atomic mass is 19.1. The summed E-state index contributed by atoms with van der Waals surface area (Å²) in [7, 11) is 0. The lowest BCUT2D eigenvalue weighted by molar-refractivity contribution is -0.0589. The Bertz CT molecular complexity index is 2020. The van der Waals surface area contributed by atoms with Gasteiger partial charge in [0.25, 0.3) is 0 Å². The number of carboxylic acids is 1. The van der Waals surface area contributed by atoms with Crippen LogP contribution in [0.25, 0.3) is 22.3 Å². The summed E-state index contributed by atoms with van der Waals surface area (Å²) in [5.74, 6) is -5.72. The Morgan fingerprint density at radius 3 is 2.47 bits per heavy atom. The number of ether oxygens (including phenoxy) is 2. The van der Waals surface area contributed by atoms with Crippen molar-refractivity contribution in [2.24, 2.45) is 0 Å². The number of halogens is 5. The highest BCUT2D eigenvalue weighted by Gasteiger charge is 2.24. The summed E-state index contributed by atoms with van der Waals surface area (Å²) in [5, 5.41) is 18.3. The summed E-state index contributed by atoms with van der Waals surface area (Å²) in [6, 6.07) is 8.46. The molecule has 5 aromatic rings. The van der Waals surface area contributed by atoms with E-state index in [0.29, 0.717) is 42.3 Å². The van der Waals surface area contributed by atoms with Gasteiger partial charge in [-0.15, -0.1) is 0 Å². The summed E-state index contributed by atoms with van der Waals surface area (Å²) >= 11 is 0. The molecule has 3 heterocycles. The van der Waals surface area contributed by atoms with Crippen LogP contribution in [0.3, 0.4) is 0 Å². The van der Waals surface area contributed by atoms with Gasteiger partial charge in [0.2, 0.25) is 0 Å². The number of aromatic carboxylic acids is 1. The Kier molecular flexibility index (Phi) is 7.86. The minimum absolute atomic E-state index is 0.0377. The molecule has 45 heavy (non-hydrogen) atoms. The molecule has 0 aliphatic carbocycles. The van der Waals surface area contributed by atoms with E-state index >= 15 is 8.78 Å². The Balaban J connectivity index is 1.29. The first-order valence-corrected chi connectivity index (χ1v) is 13.5. The van der Waals surface area contributed by atoms with E-state index in [9.17, 15) is 23.1 Å². The van der Waals surface area contributed by atoms with E-state index in [-0.39, 0.29) is 29.2 Å². The second kappa shape index (κ2) is 11.9. The molecular formula is C31H20F5N5O4. The third kappa shape index (κ3) is 5.89. The number of benzene rings is 3. The summed E-state index contributed by atoms with van der Waals surface area (Å²) in [5.41, 5.74) is -1.07. The van der Waals surface area contributed by atoms with Crippen molar-refractivity contribution in [3.05, 3.63) is 106 Å². The zero-order valence-corrected chi connectivity index (χ0v) is 23.0. The molecule has 0 amide bonds. The number of nitriles is 1. The quantitative estimate of drug-likeness (QED) is 0.208. The molecular weight excluding hydrogens is 601 g/mol. The summed E-state index contributed by atoms with van der Waals surface area (Å²) in [6.07, 6.45) is 1.10. The van der Waals surface area contributed by atoms with Gasteiger partial charge < -0.3 is 19.1 Å². The van der Waals surface area contributed by atoms with Crippen LogP contribution in [-0.2, 0) is 24.3 Å². The van der Waals surface area contributed by atoms with Crippen molar-refractivity contribution in [3.63, 3.8) is 0 Å². The van der Waals surface area contributed by atoms with Gasteiger partial charge in [0, 0.05) is 24.2 Å². The highest BCUT2D eigenvalue weighted by Crippen LogP contribution is 2.30. The predicted octanol–water partition coefficient (Wildman–Crippen LogP) is 5.72. The molecule has 3 aromatic carbocycles. The molecule has 6 rings (SSSR count). The number of rotatable bonds is 9. The first-order chi connectivity index (χ1) is 21.6. The first-order valence-electron chi connectivity index (χ1n) is 13.5. The SMILES string of the molecule is N#Cc1cc(F)c(COc2ncc(F)c(-c3cc(F)c(Cc4nc5ccc(C(=O)O)cc5n4C[C@@H]4CCO4)cc3F)n2)cc1F.